The Hall–Kier alpha value is -0.860. The Bertz CT molecular complexity index is 400. The van der Waals surface area contributed by atoms with Crippen LogP contribution in [0.3, 0.4) is 0 Å². The molecule has 1 heterocycles. The van der Waals surface area contributed by atoms with Gasteiger partial charge in [-0.25, -0.2) is 0 Å². The van der Waals surface area contributed by atoms with Gasteiger partial charge in [0.2, 0.25) is 0 Å². The molecule has 2 heteroatoms. The molecule has 2 atom stereocenters. The van der Waals surface area contributed by atoms with Crippen molar-refractivity contribution in [3.63, 3.8) is 0 Å². The zero-order valence-electron chi connectivity index (χ0n) is 11.9. The summed E-state index contributed by atoms with van der Waals surface area (Å²) in [6, 6.07) is 6.75. The van der Waals surface area contributed by atoms with Crippen LogP contribution < -0.4 is 5.73 Å². The zero-order chi connectivity index (χ0) is 13.1. The second kappa shape index (κ2) is 5.85. The number of hydrogen-bond acceptors (Lipinski definition) is 2. The predicted octanol–water partition coefficient (Wildman–Crippen LogP) is 2.72. The molecule has 1 saturated heterocycles. The highest BCUT2D eigenvalue weighted by molar-refractivity contribution is 5.30. The van der Waals surface area contributed by atoms with E-state index >= 15 is 0 Å². The Kier molecular flexibility index (Phi) is 4.41. The van der Waals surface area contributed by atoms with E-state index in [2.05, 4.69) is 43.9 Å². The van der Waals surface area contributed by atoms with E-state index in [0.717, 1.165) is 25.6 Å². The SMILES string of the molecule is Cc1ccc(C)c(CN2CCC(C)C(CN)C2)c1. The Labute approximate surface area is 111 Å². The molecule has 1 aliphatic rings. The lowest BCUT2D eigenvalue weighted by atomic mass is 9.87. The Morgan fingerprint density at radius 2 is 2.11 bits per heavy atom. The lowest BCUT2D eigenvalue weighted by Crippen LogP contribution is -2.42. The molecule has 2 N–H and O–H groups in total. The molecule has 18 heavy (non-hydrogen) atoms. The van der Waals surface area contributed by atoms with Gasteiger partial charge in [0.25, 0.3) is 0 Å². The standard InChI is InChI=1S/C16H26N2/c1-12-4-5-13(2)15(8-12)10-18-7-6-14(3)16(9-17)11-18/h4-5,8,14,16H,6-7,9-11,17H2,1-3H3. The van der Waals surface area contributed by atoms with Gasteiger partial charge in [0.15, 0.2) is 0 Å². The summed E-state index contributed by atoms with van der Waals surface area (Å²) in [5.41, 5.74) is 10.1. The summed E-state index contributed by atoms with van der Waals surface area (Å²) in [6.45, 7) is 11.0. The van der Waals surface area contributed by atoms with E-state index < -0.39 is 0 Å². The van der Waals surface area contributed by atoms with Gasteiger partial charge in [-0.15, -0.1) is 0 Å². The minimum Gasteiger partial charge on any atom is -0.330 e. The van der Waals surface area contributed by atoms with Crippen LogP contribution in [0.5, 0.6) is 0 Å². The molecule has 0 saturated carbocycles. The maximum absolute atomic E-state index is 5.88. The highest BCUT2D eigenvalue weighted by Crippen LogP contribution is 2.24. The van der Waals surface area contributed by atoms with Crippen molar-refractivity contribution in [2.75, 3.05) is 19.6 Å². The molecule has 0 bridgehead atoms. The minimum absolute atomic E-state index is 0.670. The highest BCUT2D eigenvalue weighted by Gasteiger charge is 2.25. The summed E-state index contributed by atoms with van der Waals surface area (Å²) in [4.78, 5) is 2.57. The summed E-state index contributed by atoms with van der Waals surface area (Å²) in [7, 11) is 0. The van der Waals surface area contributed by atoms with Gasteiger partial charge in [-0.2, -0.15) is 0 Å². The van der Waals surface area contributed by atoms with E-state index in [1.807, 2.05) is 0 Å². The first-order valence-corrected chi connectivity index (χ1v) is 7.08. The molecular formula is C16H26N2. The first kappa shape index (κ1) is 13.6. The van der Waals surface area contributed by atoms with Gasteiger partial charge in [0.05, 0.1) is 0 Å². The molecule has 0 amide bonds. The fourth-order valence-corrected chi connectivity index (χ4v) is 2.89. The fourth-order valence-electron chi connectivity index (χ4n) is 2.89. The van der Waals surface area contributed by atoms with Gasteiger partial charge in [-0.1, -0.05) is 30.7 Å². The van der Waals surface area contributed by atoms with E-state index in [1.54, 1.807) is 0 Å². The molecule has 1 aliphatic heterocycles. The average molecular weight is 246 g/mol. The Balaban J connectivity index is 2.03. The smallest absolute Gasteiger partial charge is 0.0236 e. The normalized spacial score (nSPS) is 25.3. The van der Waals surface area contributed by atoms with Gasteiger partial charge in [0.1, 0.15) is 0 Å². The molecule has 2 rings (SSSR count). The number of piperidine rings is 1. The Morgan fingerprint density at radius 1 is 1.33 bits per heavy atom. The molecule has 1 aromatic carbocycles. The topological polar surface area (TPSA) is 29.3 Å². The quantitative estimate of drug-likeness (QED) is 0.888. The third-order valence-corrected chi connectivity index (χ3v) is 4.40. The minimum atomic E-state index is 0.670. The van der Waals surface area contributed by atoms with Gasteiger partial charge < -0.3 is 5.73 Å². The lowest BCUT2D eigenvalue weighted by molar-refractivity contribution is 0.126. The summed E-state index contributed by atoms with van der Waals surface area (Å²) in [6.07, 6.45) is 1.28. The van der Waals surface area contributed by atoms with Crippen LogP contribution in [0.4, 0.5) is 0 Å². The van der Waals surface area contributed by atoms with Crippen LogP contribution in [-0.2, 0) is 6.54 Å². The number of aryl methyl sites for hydroxylation is 2. The third-order valence-electron chi connectivity index (χ3n) is 4.40. The van der Waals surface area contributed by atoms with Crippen molar-refractivity contribution in [2.24, 2.45) is 17.6 Å². The molecule has 1 aromatic rings. The van der Waals surface area contributed by atoms with Crippen LogP contribution in [0.15, 0.2) is 18.2 Å². The zero-order valence-corrected chi connectivity index (χ0v) is 11.9. The van der Waals surface area contributed by atoms with Crippen molar-refractivity contribution >= 4 is 0 Å². The monoisotopic (exact) mass is 246 g/mol. The number of likely N-dealkylation sites (tertiary alicyclic amines) is 1. The van der Waals surface area contributed by atoms with Gasteiger partial charge in [-0.05, 0) is 56.3 Å². The maximum atomic E-state index is 5.88. The molecule has 0 aliphatic carbocycles. The molecule has 0 aromatic heterocycles. The second-order valence-electron chi connectivity index (χ2n) is 5.93. The van der Waals surface area contributed by atoms with Crippen molar-refractivity contribution in [2.45, 2.75) is 33.7 Å². The molecule has 1 fully saturated rings. The first-order chi connectivity index (χ1) is 8.60. The lowest BCUT2D eigenvalue weighted by Gasteiger charge is -2.36. The summed E-state index contributed by atoms with van der Waals surface area (Å²) < 4.78 is 0. The van der Waals surface area contributed by atoms with Gasteiger partial charge in [0, 0.05) is 13.1 Å². The van der Waals surface area contributed by atoms with Crippen molar-refractivity contribution in [3.8, 4) is 0 Å². The van der Waals surface area contributed by atoms with Crippen LogP contribution in [0.1, 0.15) is 30.0 Å². The molecular weight excluding hydrogens is 220 g/mol. The van der Waals surface area contributed by atoms with Crippen molar-refractivity contribution in [3.05, 3.63) is 34.9 Å². The largest absolute Gasteiger partial charge is 0.330 e. The first-order valence-electron chi connectivity index (χ1n) is 7.08. The van der Waals surface area contributed by atoms with Crippen molar-refractivity contribution in [1.82, 2.24) is 4.90 Å². The highest BCUT2D eigenvalue weighted by atomic mass is 15.1. The number of hydrogen-bond donors (Lipinski definition) is 1. The van der Waals surface area contributed by atoms with Crippen LogP contribution in [-0.4, -0.2) is 24.5 Å². The summed E-state index contributed by atoms with van der Waals surface area (Å²) in [5, 5.41) is 0. The van der Waals surface area contributed by atoms with E-state index in [1.165, 1.54) is 29.7 Å². The van der Waals surface area contributed by atoms with Crippen LogP contribution >= 0.6 is 0 Å². The van der Waals surface area contributed by atoms with Gasteiger partial charge >= 0.3 is 0 Å². The molecule has 0 radical (unpaired) electrons. The number of rotatable bonds is 3. The van der Waals surface area contributed by atoms with E-state index in [9.17, 15) is 0 Å². The van der Waals surface area contributed by atoms with E-state index in [0.29, 0.717) is 5.92 Å². The summed E-state index contributed by atoms with van der Waals surface area (Å²) in [5.74, 6) is 1.45. The van der Waals surface area contributed by atoms with E-state index in [-0.39, 0.29) is 0 Å². The van der Waals surface area contributed by atoms with Crippen LogP contribution in [0.25, 0.3) is 0 Å². The number of nitrogens with zero attached hydrogens (tertiary/aromatic N) is 1. The molecule has 2 unspecified atom stereocenters. The van der Waals surface area contributed by atoms with E-state index in [4.69, 9.17) is 5.73 Å². The van der Waals surface area contributed by atoms with Gasteiger partial charge in [-0.3, -0.25) is 4.90 Å². The predicted molar refractivity (Wildman–Crippen MR) is 77.5 cm³/mol. The van der Waals surface area contributed by atoms with Crippen LogP contribution in [0.2, 0.25) is 0 Å². The van der Waals surface area contributed by atoms with Crippen molar-refractivity contribution < 1.29 is 0 Å². The molecule has 2 nitrogen and oxygen atoms in total. The molecule has 100 valence electrons. The Morgan fingerprint density at radius 3 is 2.83 bits per heavy atom. The van der Waals surface area contributed by atoms with Crippen molar-refractivity contribution in [1.29, 1.82) is 0 Å². The third kappa shape index (κ3) is 3.12. The second-order valence-corrected chi connectivity index (χ2v) is 5.93. The fraction of sp³-hybridized carbons (Fsp3) is 0.625. The molecule has 0 spiro atoms. The van der Waals surface area contributed by atoms with Crippen LogP contribution in [0, 0.1) is 25.7 Å². The number of nitrogens with two attached hydrogens (primary N) is 1. The number of benzene rings is 1. The summed E-state index contributed by atoms with van der Waals surface area (Å²) >= 11 is 0. The maximum Gasteiger partial charge on any atom is 0.0236 e. The average Bonchev–Trinajstić information content (AvgIpc) is 2.36.